The second-order valence-electron chi connectivity index (χ2n) is 9.41. The topological polar surface area (TPSA) is 121 Å². The van der Waals surface area contributed by atoms with Gasteiger partial charge in [0, 0.05) is 25.9 Å². The van der Waals surface area contributed by atoms with E-state index in [-0.39, 0.29) is 48.3 Å². The molecule has 1 saturated heterocycles. The summed E-state index contributed by atoms with van der Waals surface area (Å²) in [6.07, 6.45) is 3.80. The molecule has 0 radical (unpaired) electrons. The number of benzene rings is 1. The highest BCUT2D eigenvalue weighted by molar-refractivity contribution is 7.17. The van der Waals surface area contributed by atoms with Gasteiger partial charge < -0.3 is 15.5 Å². The number of Topliss-reactive ketones (excluding diaryl/α,β-unsaturated/α-hetero) is 1. The van der Waals surface area contributed by atoms with Crippen LogP contribution in [0.5, 0.6) is 0 Å². The fraction of sp³-hybridized carbons (Fsp3) is 0.480. The van der Waals surface area contributed by atoms with E-state index in [4.69, 9.17) is 0 Å². The van der Waals surface area contributed by atoms with Crippen molar-refractivity contribution in [3.8, 4) is 0 Å². The summed E-state index contributed by atoms with van der Waals surface area (Å²) in [6.45, 7) is 3.52. The van der Waals surface area contributed by atoms with Gasteiger partial charge in [-0.25, -0.2) is 14.2 Å². The Bertz CT molecular complexity index is 1150. The number of thiazole rings is 1. The highest BCUT2D eigenvalue weighted by atomic mass is 32.1. The summed E-state index contributed by atoms with van der Waals surface area (Å²) < 4.78 is 13.2. The fourth-order valence-electron chi connectivity index (χ4n) is 4.90. The summed E-state index contributed by atoms with van der Waals surface area (Å²) in [6, 6.07) is 4.60. The number of carbonyl (C=O) groups is 4. The molecular formula is C25H30FN5O4S. The molecule has 2 aliphatic rings. The third-order valence-corrected chi connectivity index (χ3v) is 7.82. The van der Waals surface area contributed by atoms with Crippen molar-refractivity contribution in [3.05, 3.63) is 46.2 Å². The van der Waals surface area contributed by atoms with E-state index < -0.39 is 12.1 Å². The minimum Gasteiger partial charge on any atom is -0.342 e. The number of hydrogen-bond acceptors (Lipinski definition) is 6. The molecule has 0 spiro atoms. The number of carbonyl (C=O) groups excluding carboxylic acids is 4. The Morgan fingerprint density at radius 2 is 1.92 bits per heavy atom. The predicted octanol–water partition coefficient (Wildman–Crippen LogP) is 3.04. The van der Waals surface area contributed by atoms with Gasteiger partial charge in [-0.15, -0.1) is 0 Å². The molecule has 4 rings (SSSR count). The van der Waals surface area contributed by atoms with Gasteiger partial charge in [0.1, 0.15) is 11.9 Å². The molecule has 1 aromatic heterocycles. The van der Waals surface area contributed by atoms with Crippen molar-refractivity contribution in [2.75, 3.05) is 18.4 Å². The van der Waals surface area contributed by atoms with Crippen LogP contribution in [-0.4, -0.2) is 58.7 Å². The number of aromatic nitrogens is 1. The Hall–Kier alpha value is -3.34. The largest absolute Gasteiger partial charge is 0.342 e. The third-order valence-electron chi connectivity index (χ3n) is 6.65. The van der Waals surface area contributed by atoms with Crippen LogP contribution >= 0.6 is 11.3 Å². The summed E-state index contributed by atoms with van der Waals surface area (Å²) in [4.78, 5) is 56.3. The zero-order chi connectivity index (χ0) is 25.8. The number of piperazine rings is 1. The molecule has 1 aromatic carbocycles. The Labute approximate surface area is 212 Å². The van der Waals surface area contributed by atoms with Gasteiger partial charge in [0.15, 0.2) is 10.9 Å². The van der Waals surface area contributed by atoms with Crippen LogP contribution in [0.4, 0.5) is 14.3 Å². The number of ketones is 1. The van der Waals surface area contributed by atoms with Gasteiger partial charge in [-0.3, -0.25) is 19.7 Å². The maximum atomic E-state index is 13.2. The lowest BCUT2D eigenvalue weighted by molar-refractivity contribution is -0.145. The number of amides is 4. The van der Waals surface area contributed by atoms with Crippen LogP contribution in [0.15, 0.2) is 24.3 Å². The zero-order valence-corrected chi connectivity index (χ0v) is 21.1. The third kappa shape index (κ3) is 6.26. The van der Waals surface area contributed by atoms with Gasteiger partial charge in [0.25, 0.3) is 0 Å². The fourth-order valence-corrected chi connectivity index (χ4v) is 5.76. The quantitative estimate of drug-likeness (QED) is 0.490. The summed E-state index contributed by atoms with van der Waals surface area (Å²) in [5.74, 6) is -0.873. The lowest BCUT2D eigenvalue weighted by Crippen LogP contribution is -2.60. The second-order valence-corrected chi connectivity index (χ2v) is 10.4. The lowest BCUT2D eigenvalue weighted by Gasteiger charge is -2.39. The Morgan fingerprint density at radius 1 is 1.19 bits per heavy atom. The molecule has 1 saturated carbocycles. The van der Waals surface area contributed by atoms with Crippen molar-refractivity contribution in [2.45, 2.75) is 58.0 Å². The SMILES string of the molecule is CC(=O)c1sc(NC(=O)N[C@@H]2CCCC[C@H]2CN2CC(=O)N[C@@H](Cc3ccc(F)cc3)C2=O)nc1C. The van der Waals surface area contributed by atoms with Crippen LogP contribution in [0.2, 0.25) is 0 Å². The number of aryl methyl sites for hydroxylation is 1. The number of halogens is 1. The van der Waals surface area contributed by atoms with Crippen molar-refractivity contribution in [2.24, 2.45) is 5.92 Å². The summed E-state index contributed by atoms with van der Waals surface area (Å²) in [7, 11) is 0. The normalized spacial score (nSPS) is 22.2. The Balaban J connectivity index is 1.38. The van der Waals surface area contributed by atoms with Crippen molar-refractivity contribution in [1.82, 2.24) is 20.5 Å². The average molecular weight is 516 g/mol. The maximum Gasteiger partial charge on any atom is 0.321 e. The van der Waals surface area contributed by atoms with Gasteiger partial charge in [-0.1, -0.05) is 36.3 Å². The number of urea groups is 1. The zero-order valence-electron chi connectivity index (χ0n) is 20.3. The van der Waals surface area contributed by atoms with Crippen LogP contribution in [0.3, 0.4) is 0 Å². The smallest absolute Gasteiger partial charge is 0.321 e. The predicted molar refractivity (Wildman–Crippen MR) is 133 cm³/mol. The molecule has 2 heterocycles. The molecule has 0 unspecified atom stereocenters. The van der Waals surface area contributed by atoms with Crippen LogP contribution in [0, 0.1) is 18.7 Å². The van der Waals surface area contributed by atoms with E-state index in [1.54, 1.807) is 24.0 Å². The van der Waals surface area contributed by atoms with E-state index in [1.165, 1.54) is 19.1 Å². The minimum absolute atomic E-state index is 0.00312. The molecule has 3 N–H and O–H groups in total. The van der Waals surface area contributed by atoms with Crippen molar-refractivity contribution < 1.29 is 23.6 Å². The molecular weight excluding hydrogens is 485 g/mol. The van der Waals surface area contributed by atoms with Crippen LogP contribution in [0.1, 0.15) is 53.5 Å². The Kier molecular flexibility index (Phi) is 7.97. The average Bonchev–Trinajstić information content (AvgIpc) is 3.19. The first-order chi connectivity index (χ1) is 17.2. The number of anilines is 1. The first kappa shape index (κ1) is 25.7. The van der Waals surface area contributed by atoms with Gasteiger partial charge in [0.2, 0.25) is 11.8 Å². The molecule has 1 aliphatic heterocycles. The first-order valence-corrected chi connectivity index (χ1v) is 12.9. The molecule has 0 bridgehead atoms. The molecule has 1 aliphatic carbocycles. The number of nitrogens with zero attached hydrogens (tertiary/aromatic N) is 2. The summed E-state index contributed by atoms with van der Waals surface area (Å²) in [5.41, 5.74) is 1.34. The highest BCUT2D eigenvalue weighted by Gasteiger charge is 2.36. The molecule has 2 aromatic rings. The second kappa shape index (κ2) is 11.2. The van der Waals surface area contributed by atoms with E-state index in [1.807, 2.05) is 0 Å². The molecule has 11 heteroatoms. The van der Waals surface area contributed by atoms with Crippen molar-refractivity contribution in [3.63, 3.8) is 0 Å². The molecule has 4 amide bonds. The highest BCUT2D eigenvalue weighted by Crippen LogP contribution is 2.27. The first-order valence-electron chi connectivity index (χ1n) is 12.1. The lowest BCUT2D eigenvalue weighted by atomic mass is 9.84. The van der Waals surface area contributed by atoms with Crippen LogP contribution in [-0.2, 0) is 16.0 Å². The van der Waals surface area contributed by atoms with E-state index in [2.05, 4.69) is 20.9 Å². The molecule has 2 fully saturated rings. The number of hydrogen-bond donors (Lipinski definition) is 3. The van der Waals surface area contributed by atoms with Gasteiger partial charge in [-0.2, -0.15) is 0 Å². The van der Waals surface area contributed by atoms with Crippen LogP contribution in [0.25, 0.3) is 0 Å². The van der Waals surface area contributed by atoms with Crippen molar-refractivity contribution >= 4 is 40.1 Å². The molecule has 36 heavy (non-hydrogen) atoms. The number of nitrogens with one attached hydrogen (secondary N) is 3. The monoisotopic (exact) mass is 515 g/mol. The van der Waals surface area contributed by atoms with E-state index >= 15 is 0 Å². The standard InChI is InChI=1S/C25H30FN5O4S/c1-14-22(15(2)32)36-25(27-14)30-24(35)29-19-6-4-3-5-17(19)12-31-13-21(33)28-20(23(31)34)11-16-7-9-18(26)10-8-16/h7-10,17,19-20H,3-6,11-13H2,1-2H3,(H,28,33)(H2,27,29,30,35)/t17-,19+,20-/m0/s1. The Morgan fingerprint density at radius 3 is 2.61 bits per heavy atom. The van der Waals surface area contributed by atoms with E-state index in [0.717, 1.165) is 42.6 Å². The maximum absolute atomic E-state index is 13.2. The van der Waals surface area contributed by atoms with Gasteiger partial charge in [0.05, 0.1) is 17.1 Å². The minimum atomic E-state index is -0.710. The molecule has 9 nitrogen and oxygen atoms in total. The van der Waals surface area contributed by atoms with Gasteiger partial charge >= 0.3 is 6.03 Å². The van der Waals surface area contributed by atoms with Gasteiger partial charge in [-0.05, 0) is 43.4 Å². The van der Waals surface area contributed by atoms with E-state index in [9.17, 15) is 23.6 Å². The summed E-state index contributed by atoms with van der Waals surface area (Å²) in [5, 5.41) is 8.83. The molecule has 3 atom stereocenters. The summed E-state index contributed by atoms with van der Waals surface area (Å²) >= 11 is 1.14. The van der Waals surface area contributed by atoms with E-state index in [0.29, 0.717) is 22.2 Å². The molecule has 192 valence electrons. The van der Waals surface area contributed by atoms with Crippen molar-refractivity contribution in [1.29, 1.82) is 0 Å². The number of rotatable bonds is 7. The van der Waals surface area contributed by atoms with Crippen LogP contribution < -0.4 is 16.0 Å².